The van der Waals surface area contributed by atoms with E-state index in [1.54, 1.807) is 6.07 Å². The number of hydrogen-bond acceptors (Lipinski definition) is 6. The van der Waals surface area contributed by atoms with Gasteiger partial charge in [0.1, 0.15) is 0 Å². The Labute approximate surface area is 142 Å². The van der Waals surface area contributed by atoms with Crippen LogP contribution in [0.4, 0.5) is 5.69 Å². The number of nitro benzene ring substituents is 1. The summed E-state index contributed by atoms with van der Waals surface area (Å²) in [4.78, 5) is 35.5. The summed E-state index contributed by atoms with van der Waals surface area (Å²) in [5.41, 5.74) is 0.205. The third kappa shape index (κ3) is 2.25. The molecule has 128 valence electrons. The second kappa shape index (κ2) is 5.51. The van der Waals surface area contributed by atoms with Crippen LogP contribution in [-0.4, -0.2) is 35.1 Å². The molecule has 0 unspecified atom stereocenters. The first-order valence-corrected chi connectivity index (χ1v) is 7.94. The maximum Gasteiger partial charge on any atom is 0.311 e. The molecule has 1 aromatic rings. The minimum absolute atomic E-state index is 0.119. The van der Waals surface area contributed by atoms with E-state index in [2.05, 4.69) is 5.10 Å². The van der Waals surface area contributed by atoms with E-state index < -0.39 is 4.92 Å². The van der Waals surface area contributed by atoms with E-state index in [0.29, 0.717) is 5.56 Å². The number of nitro groups is 1. The molecule has 0 N–H and O–H groups in total. The molecule has 0 radical (unpaired) electrons. The Balaban J connectivity index is 1.59. The Hall–Kier alpha value is -3.03. The van der Waals surface area contributed by atoms with Crippen LogP contribution in [0.2, 0.25) is 0 Å². The first-order chi connectivity index (χ1) is 12.0. The van der Waals surface area contributed by atoms with Crippen LogP contribution >= 0.6 is 0 Å². The third-order valence-electron chi connectivity index (χ3n) is 5.17. The van der Waals surface area contributed by atoms with E-state index >= 15 is 0 Å². The number of hydrogen-bond donors (Lipinski definition) is 0. The quantitative estimate of drug-likeness (QED) is 0.273. The molecular formula is C17H15N3O5. The number of fused-ring (bicyclic) bond motifs is 5. The first kappa shape index (κ1) is 15.5. The number of rotatable bonds is 4. The molecule has 8 nitrogen and oxygen atoms in total. The number of hydrazone groups is 1. The van der Waals surface area contributed by atoms with E-state index in [9.17, 15) is 19.7 Å². The van der Waals surface area contributed by atoms with Crippen LogP contribution in [0.5, 0.6) is 5.75 Å². The normalized spacial score (nSPS) is 29.7. The summed E-state index contributed by atoms with van der Waals surface area (Å²) in [6, 6.07) is 4.32. The van der Waals surface area contributed by atoms with Crippen LogP contribution in [0.15, 0.2) is 35.5 Å². The highest BCUT2D eigenvalue weighted by atomic mass is 16.6. The molecule has 4 rings (SSSR count). The molecular weight excluding hydrogens is 326 g/mol. The Morgan fingerprint density at radius 2 is 1.88 bits per heavy atom. The molecule has 25 heavy (non-hydrogen) atoms. The van der Waals surface area contributed by atoms with Crippen LogP contribution < -0.4 is 4.74 Å². The lowest BCUT2D eigenvalue weighted by Crippen LogP contribution is -2.28. The number of nitrogens with zero attached hydrogens (tertiary/aromatic N) is 3. The van der Waals surface area contributed by atoms with Gasteiger partial charge in [0.25, 0.3) is 11.8 Å². The average molecular weight is 341 g/mol. The lowest BCUT2D eigenvalue weighted by Gasteiger charge is -2.13. The molecule has 0 spiro atoms. The number of benzene rings is 1. The highest BCUT2D eigenvalue weighted by molar-refractivity contribution is 6.06. The lowest BCUT2D eigenvalue weighted by atomic mass is 9.85. The summed E-state index contributed by atoms with van der Waals surface area (Å²) >= 11 is 0. The van der Waals surface area contributed by atoms with Crippen molar-refractivity contribution >= 4 is 23.7 Å². The van der Waals surface area contributed by atoms with Gasteiger partial charge in [0.05, 0.1) is 30.1 Å². The van der Waals surface area contributed by atoms with Gasteiger partial charge < -0.3 is 4.74 Å². The maximum absolute atomic E-state index is 12.5. The monoisotopic (exact) mass is 341 g/mol. The number of carbonyl (C=O) groups excluding carboxylic acids is 2. The van der Waals surface area contributed by atoms with Crippen LogP contribution in [-0.2, 0) is 9.59 Å². The maximum atomic E-state index is 12.5. The predicted octanol–water partition coefficient (Wildman–Crippen LogP) is 1.74. The summed E-state index contributed by atoms with van der Waals surface area (Å²) in [6.45, 7) is 0. The van der Waals surface area contributed by atoms with Gasteiger partial charge in [0.2, 0.25) is 0 Å². The highest BCUT2D eigenvalue weighted by Gasteiger charge is 2.59. The number of ether oxygens (including phenoxy) is 1. The van der Waals surface area contributed by atoms with Crippen molar-refractivity contribution in [1.29, 1.82) is 0 Å². The van der Waals surface area contributed by atoms with Crippen LogP contribution in [0, 0.1) is 33.8 Å². The molecule has 2 aliphatic carbocycles. The summed E-state index contributed by atoms with van der Waals surface area (Å²) in [5.74, 6) is -0.831. The van der Waals surface area contributed by atoms with Gasteiger partial charge in [0, 0.05) is 11.6 Å². The second-order valence-corrected chi connectivity index (χ2v) is 6.42. The van der Waals surface area contributed by atoms with E-state index in [4.69, 9.17) is 4.74 Å². The Morgan fingerprint density at radius 3 is 2.44 bits per heavy atom. The molecule has 1 saturated heterocycles. The van der Waals surface area contributed by atoms with Gasteiger partial charge in [-0.3, -0.25) is 19.7 Å². The molecule has 0 aromatic heterocycles. The van der Waals surface area contributed by atoms with E-state index in [1.165, 1.54) is 25.5 Å². The largest absolute Gasteiger partial charge is 0.490 e. The van der Waals surface area contributed by atoms with Gasteiger partial charge in [0.15, 0.2) is 5.75 Å². The molecule has 8 heteroatoms. The summed E-state index contributed by atoms with van der Waals surface area (Å²) in [5, 5.41) is 16.0. The number of imide groups is 1. The summed E-state index contributed by atoms with van der Waals surface area (Å²) in [6.07, 6.45) is 6.17. The zero-order valence-electron chi connectivity index (χ0n) is 13.4. The SMILES string of the molecule is COc1ccc(/C=N\N2C(=O)[C@@H]3[C@@H](C2=O)[C@H]2C=C[C@H]3C2)cc1[N+](=O)[O-]. The van der Waals surface area contributed by atoms with Crippen LogP contribution in [0.1, 0.15) is 12.0 Å². The minimum Gasteiger partial charge on any atom is -0.490 e. The number of allylic oxidation sites excluding steroid dienone is 2. The topological polar surface area (TPSA) is 102 Å². The molecule has 2 fully saturated rings. The zero-order chi connectivity index (χ0) is 17.7. The molecule has 1 heterocycles. The van der Waals surface area contributed by atoms with Gasteiger partial charge >= 0.3 is 5.69 Å². The Bertz CT molecular complexity index is 817. The summed E-state index contributed by atoms with van der Waals surface area (Å²) in [7, 11) is 1.35. The van der Waals surface area contributed by atoms with E-state index in [0.717, 1.165) is 11.4 Å². The first-order valence-electron chi connectivity index (χ1n) is 7.94. The van der Waals surface area contributed by atoms with Crippen molar-refractivity contribution in [2.45, 2.75) is 6.42 Å². The standard InChI is InChI=1S/C17H15N3O5/c1-25-13-5-2-9(6-12(13)20(23)24)8-18-19-16(21)14-10-3-4-11(7-10)15(14)17(19)22/h2-6,8,10-11,14-15H,7H2,1H3/b18-8-/t10-,11-,14-,15-/m0/s1. The highest BCUT2D eigenvalue weighted by Crippen LogP contribution is 2.52. The predicted molar refractivity (Wildman–Crippen MR) is 86.8 cm³/mol. The number of amides is 2. The minimum atomic E-state index is -0.559. The van der Waals surface area contributed by atoms with Crippen molar-refractivity contribution < 1.29 is 19.2 Å². The van der Waals surface area contributed by atoms with Crippen LogP contribution in [0.25, 0.3) is 0 Å². The van der Waals surface area contributed by atoms with Crippen molar-refractivity contribution in [2.75, 3.05) is 7.11 Å². The van der Waals surface area contributed by atoms with Crippen molar-refractivity contribution in [1.82, 2.24) is 5.01 Å². The molecule has 1 aliphatic heterocycles. The van der Waals surface area contributed by atoms with Gasteiger partial charge in [-0.1, -0.05) is 12.2 Å². The van der Waals surface area contributed by atoms with E-state index in [1.807, 2.05) is 12.2 Å². The Morgan fingerprint density at radius 1 is 1.24 bits per heavy atom. The molecule has 2 amide bonds. The van der Waals surface area contributed by atoms with E-state index in [-0.39, 0.29) is 46.9 Å². The van der Waals surface area contributed by atoms with Crippen molar-refractivity contribution in [3.05, 3.63) is 46.0 Å². The second-order valence-electron chi connectivity index (χ2n) is 6.42. The fraction of sp³-hybridized carbons (Fsp3) is 0.353. The van der Waals surface area contributed by atoms with Crippen molar-refractivity contribution in [3.63, 3.8) is 0 Å². The van der Waals surface area contributed by atoms with Crippen molar-refractivity contribution in [2.24, 2.45) is 28.8 Å². The lowest BCUT2D eigenvalue weighted by molar-refractivity contribution is -0.385. The molecule has 1 saturated carbocycles. The molecule has 2 bridgehead atoms. The third-order valence-corrected chi connectivity index (χ3v) is 5.17. The fourth-order valence-electron chi connectivity index (χ4n) is 4.05. The van der Waals surface area contributed by atoms with Crippen LogP contribution in [0.3, 0.4) is 0 Å². The smallest absolute Gasteiger partial charge is 0.311 e. The average Bonchev–Trinajstić information content (AvgIpc) is 3.28. The molecule has 3 aliphatic rings. The van der Waals surface area contributed by atoms with Gasteiger partial charge in [-0.25, -0.2) is 0 Å². The summed E-state index contributed by atoms with van der Waals surface area (Å²) < 4.78 is 4.94. The molecule has 1 aromatic carbocycles. The van der Waals surface area contributed by atoms with Gasteiger partial charge in [-0.15, -0.1) is 0 Å². The fourth-order valence-corrected chi connectivity index (χ4v) is 4.05. The molecule has 4 atom stereocenters. The van der Waals surface area contributed by atoms with Gasteiger partial charge in [-0.2, -0.15) is 10.1 Å². The number of carbonyl (C=O) groups is 2. The zero-order valence-corrected chi connectivity index (χ0v) is 13.4. The van der Waals surface area contributed by atoms with Gasteiger partial charge in [-0.05, 0) is 30.4 Å². The van der Waals surface area contributed by atoms with Crippen molar-refractivity contribution in [3.8, 4) is 5.75 Å². The Kier molecular flexibility index (Phi) is 3.41. The number of methoxy groups -OCH3 is 1.